The van der Waals surface area contributed by atoms with Crippen molar-refractivity contribution in [3.05, 3.63) is 193 Å². The molecule has 9 aromatic rings. The highest BCUT2D eigenvalue weighted by Crippen LogP contribution is 2.57. The van der Waals surface area contributed by atoms with Crippen molar-refractivity contribution in [2.75, 3.05) is 9.80 Å². The fraction of sp³-hybridized carbons (Fsp3) is 0.0588. The molecule has 9 aromatic carbocycles. The second kappa shape index (κ2) is 11.9. The fourth-order valence-electron chi connectivity index (χ4n) is 9.13. The SMILES string of the molecule is CC1(C)c2cc(-c3ccc4c(c3)Sc3ccccc3N4c3ccccc3)ccc2N(c2ccccc2)c2ccc3c4ccccc4c4ccccc4c3c21. The van der Waals surface area contributed by atoms with E-state index in [0.29, 0.717) is 0 Å². The minimum atomic E-state index is -0.303. The van der Waals surface area contributed by atoms with Gasteiger partial charge in [0.25, 0.3) is 0 Å². The van der Waals surface area contributed by atoms with E-state index in [9.17, 15) is 0 Å². The molecule has 0 N–H and O–H groups in total. The standard InChI is InChI=1S/C51H36N2S/c1-51(2)42-31-33(34-26-29-45-48(32-34)54-47-24-14-13-23-44(47)53(45)36-17-7-4-8-18-36)25-28-43(42)52(35-15-5-3-6-16-35)46-30-27-41-39-21-10-9-19-37(39)38-20-11-12-22-40(38)49(41)50(46)51/h3-32H,1-2H3. The first-order valence-electron chi connectivity index (χ1n) is 18.7. The van der Waals surface area contributed by atoms with E-state index in [2.05, 4.69) is 206 Å². The summed E-state index contributed by atoms with van der Waals surface area (Å²) >= 11 is 1.86. The maximum Gasteiger partial charge on any atom is 0.0602 e. The van der Waals surface area contributed by atoms with Gasteiger partial charge in [-0.2, -0.15) is 0 Å². The molecule has 3 heteroatoms. The maximum atomic E-state index is 2.49. The highest BCUT2D eigenvalue weighted by Gasteiger charge is 2.39. The molecule has 0 amide bonds. The average molecular weight is 709 g/mol. The number of nitrogens with zero attached hydrogens (tertiary/aromatic N) is 2. The van der Waals surface area contributed by atoms with Gasteiger partial charge in [0.2, 0.25) is 0 Å². The quantitative estimate of drug-likeness (QED) is 0.169. The van der Waals surface area contributed by atoms with Crippen molar-refractivity contribution in [2.24, 2.45) is 0 Å². The highest BCUT2D eigenvalue weighted by atomic mass is 32.2. The third kappa shape index (κ3) is 4.55. The van der Waals surface area contributed by atoms with Crippen LogP contribution in [0.1, 0.15) is 25.0 Å². The van der Waals surface area contributed by atoms with Crippen LogP contribution < -0.4 is 9.80 Å². The Bertz CT molecular complexity index is 2910. The molecule has 0 saturated heterocycles. The molecule has 0 radical (unpaired) electrons. The van der Waals surface area contributed by atoms with Crippen LogP contribution in [0.3, 0.4) is 0 Å². The summed E-state index contributed by atoms with van der Waals surface area (Å²) < 4.78 is 0. The molecule has 0 saturated carbocycles. The number of hydrogen-bond acceptors (Lipinski definition) is 3. The molecule has 0 fully saturated rings. The third-order valence-electron chi connectivity index (χ3n) is 11.6. The molecule has 0 unspecified atom stereocenters. The molecule has 256 valence electrons. The van der Waals surface area contributed by atoms with Gasteiger partial charge in [0.05, 0.1) is 22.7 Å². The molecule has 0 aliphatic carbocycles. The summed E-state index contributed by atoms with van der Waals surface area (Å²) in [7, 11) is 0. The Balaban J connectivity index is 1.14. The van der Waals surface area contributed by atoms with Gasteiger partial charge in [-0.15, -0.1) is 0 Å². The van der Waals surface area contributed by atoms with E-state index >= 15 is 0 Å². The van der Waals surface area contributed by atoms with Gasteiger partial charge in [0.1, 0.15) is 0 Å². The molecule has 0 bridgehead atoms. The second-order valence-corrected chi connectivity index (χ2v) is 16.0. The van der Waals surface area contributed by atoms with Crippen LogP contribution in [0.5, 0.6) is 0 Å². The Kier molecular flexibility index (Phi) is 6.87. The van der Waals surface area contributed by atoms with Crippen molar-refractivity contribution >= 4 is 78.2 Å². The predicted molar refractivity (Wildman–Crippen MR) is 230 cm³/mol. The zero-order valence-corrected chi connectivity index (χ0v) is 30.9. The van der Waals surface area contributed by atoms with E-state index in [1.165, 1.54) is 92.8 Å². The third-order valence-corrected chi connectivity index (χ3v) is 12.7. The molecule has 2 heterocycles. The van der Waals surface area contributed by atoms with Crippen LogP contribution in [0.15, 0.2) is 192 Å². The zero-order valence-electron chi connectivity index (χ0n) is 30.1. The number of anilines is 6. The van der Waals surface area contributed by atoms with Crippen molar-refractivity contribution in [3.63, 3.8) is 0 Å². The molecule has 2 nitrogen and oxygen atoms in total. The molecule has 54 heavy (non-hydrogen) atoms. The lowest BCUT2D eigenvalue weighted by Crippen LogP contribution is -2.31. The minimum absolute atomic E-state index is 0.303. The Morgan fingerprint density at radius 1 is 0.389 bits per heavy atom. The van der Waals surface area contributed by atoms with Gasteiger partial charge in [0, 0.05) is 26.6 Å². The molecule has 2 aliphatic rings. The van der Waals surface area contributed by atoms with E-state index in [1.54, 1.807) is 0 Å². The summed E-state index contributed by atoms with van der Waals surface area (Å²) in [6.45, 7) is 4.86. The minimum Gasteiger partial charge on any atom is -0.310 e. The molecule has 0 aromatic heterocycles. The Morgan fingerprint density at radius 2 is 0.870 bits per heavy atom. The Hall–Kier alpha value is -6.29. The van der Waals surface area contributed by atoms with Crippen molar-refractivity contribution in [2.45, 2.75) is 29.1 Å². The van der Waals surface area contributed by atoms with Gasteiger partial charge in [-0.3, -0.25) is 0 Å². The normalized spacial score (nSPS) is 14.1. The number of hydrogen-bond donors (Lipinski definition) is 0. The molecule has 11 rings (SSSR count). The average Bonchev–Trinajstić information content (AvgIpc) is 3.23. The predicted octanol–water partition coefficient (Wildman–Crippen LogP) is 14.9. The zero-order chi connectivity index (χ0) is 36.0. The number of rotatable bonds is 3. The Labute approximate surface area is 319 Å². The first kappa shape index (κ1) is 31.3. The fourth-order valence-corrected chi connectivity index (χ4v) is 10.2. The van der Waals surface area contributed by atoms with E-state index < -0.39 is 0 Å². The van der Waals surface area contributed by atoms with Crippen LogP contribution in [-0.4, -0.2) is 0 Å². The number of para-hydroxylation sites is 3. The van der Waals surface area contributed by atoms with Gasteiger partial charge >= 0.3 is 0 Å². The van der Waals surface area contributed by atoms with Crippen LogP contribution in [0.4, 0.5) is 34.1 Å². The summed E-state index contributed by atoms with van der Waals surface area (Å²) in [4.78, 5) is 7.40. The van der Waals surface area contributed by atoms with Crippen molar-refractivity contribution < 1.29 is 0 Å². The molecular formula is C51H36N2S. The largest absolute Gasteiger partial charge is 0.310 e. The lowest BCUT2D eigenvalue weighted by Gasteiger charge is -2.43. The van der Waals surface area contributed by atoms with E-state index in [1.807, 2.05) is 11.8 Å². The molecule has 2 aliphatic heterocycles. The van der Waals surface area contributed by atoms with Gasteiger partial charge in [-0.05, 0) is 121 Å². The second-order valence-electron chi connectivity index (χ2n) is 14.9. The van der Waals surface area contributed by atoms with E-state index in [0.717, 1.165) is 5.69 Å². The first-order valence-corrected chi connectivity index (χ1v) is 19.5. The summed E-state index contributed by atoms with van der Waals surface area (Å²) in [6, 6.07) is 67.1. The van der Waals surface area contributed by atoms with Gasteiger partial charge in [0.15, 0.2) is 0 Å². The van der Waals surface area contributed by atoms with Gasteiger partial charge < -0.3 is 9.80 Å². The monoisotopic (exact) mass is 708 g/mol. The topological polar surface area (TPSA) is 6.48 Å². The van der Waals surface area contributed by atoms with Crippen LogP contribution >= 0.6 is 11.8 Å². The highest BCUT2D eigenvalue weighted by molar-refractivity contribution is 7.99. The maximum absolute atomic E-state index is 2.49. The van der Waals surface area contributed by atoms with Crippen LogP contribution in [0.25, 0.3) is 43.4 Å². The molecule has 0 spiro atoms. The first-order chi connectivity index (χ1) is 26.6. The van der Waals surface area contributed by atoms with Crippen LogP contribution in [0.2, 0.25) is 0 Å². The Morgan fingerprint density at radius 3 is 1.56 bits per heavy atom. The lowest BCUT2D eigenvalue weighted by atomic mass is 9.70. The van der Waals surface area contributed by atoms with Gasteiger partial charge in [-0.25, -0.2) is 0 Å². The summed E-state index contributed by atoms with van der Waals surface area (Å²) in [5.74, 6) is 0. The smallest absolute Gasteiger partial charge is 0.0602 e. The van der Waals surface area contributed by atoms with Crippen molar-refractivity contribution in [1.29, 1.82) is 0 Å². The summed E-state index contributed by atoms with van der Waals surface area (Å²) in [5.41, 5.74) is 12.1. The van der Waals surface area contributed by atoms with Crippen molar-refractivity contribution in [1.82, 2.24) is 0 Å². The van der Waals surface area contributed by atoms with Crippen LogP contribution in [0, 0.1) is 0 Å². The number of benzene rings is 9. The van der Waals surface area contributed by atoms with Crippen molar-refractivity contribution in [3.8, 4) is 11.1 Å². The van der Waals surface area contributed by atoms with Crippen LogP contribution in [-0.2, 0) is 5.41 Å². The van der Waals surface area contributed by atoms with E-state index in [-0.39, 0.29) is 5.41 Å². The summed E-state index contributed by atoms with van der Waals surface area (Å²) in [5, 5.41) is 7.85. The summed E-state index contributed by atoms with van der Waals surface area (Å²) in [6.07, 6.45) is 0. The van der Waals surface area contributed by atoms with Gasteiger partial charge in [-0.1, -0.05) is 141 Å². The number of fused-ring (bicyclic) bond motifs is 11. The molecule has 0 atom stereocenters. The van der Waals surface area contributed by atoms with E-state index in [4.69, 9.17) is 0 Å². The molecular weight excluding hydrogens is 673 g/mol. The lowest BCUT2D eigenvalue weighted by molar-refractivity contribution is 0.639.